The van der Waals surface area contributed by atoms with E-state index in [1.165, 1.54) is 121 Å². The fraction of sp³-hybridized carbons (Fsp3) is 0.658. The molecule has 0 spiro atoms. The van der Waals surface area contributed by atoms with E-state index in [0.717, 1.165) is 31.2 Å². The van der Waals surface area contributed by atoms with Gasteiger partial charge >= 0.3 is 0 Å². The molecule has 0 N–H and O–H groups in total. The van der Waals surface area contributed by atoms with Crippen LogP contribution in [0.5, 0.6) is 0 Å². The summed E-state index contributed by atoms with van der Waals surface area (Å²) in [5.74, 6) is -0.327. The largest absolute Gasteiger partial charge is 0.297 e. The Morgan fingerprint density at radius 3 is 1.26 bits per heavy atom. The molecule has 4 nitrogen and oxygen atoms in total. The van der Waals surface area contributed by atoms with Crippen molar-refractivity contribution in [2.75, 3.05) is 6.61 Å². The molecule has 0 radical (unpaired) electrons. The van der Waals surface area contributed by atoms with Crippen LogP contribution in [0.3, 0.4) is 0 Å². The maximum absolute atomic E-state index is 12.7. The number of unbranched alkanes of at least 4 members (excludes halogenated alkanes) is 18. The number of carbonyl (C=O) groups is 1. The number of aryl methyl sites for hydroxylation is 2. The van der Waals surface area contributed by atoms with Gasteiger partial charge in [0, 0.05) is 5.56 Å². The molecule has 43 heavy (non-hydrogen) atoms. The zero-order valence-electron chi connectivity index (χ0n) is 27.4. The molecule has 2 aromatic rings. The smallest absolute Gasteiger partial charge is 0.291 e. The zero-order valence-corrected chi connectivity index (χ0v) is 28.2. The highest BCUT2D eigenvalue weighted by molar-refractivity contribution is 7.86. The maximum atomic E-state index is 12.7. The van der Waals surface area contributed by atoms with Crippen molar-refractivity contribution in [3.63, 3.8) is 0 Å². The highest BCUT2D eigenvalue weighted by Gasteiger charge is 2.18. The first-order chi connectivity index (χ1) is 21.0. The first-order valence-corrected chi connectivity index (χ1v) is 19.0. The summed E-state index contributed by atoms with van der Waals surface area (Å²) >= 11 is 0. The van der Waals surface area contributed by atoms with Crippen LogP contribution in [-0.4, -0.2) is 20.8 Å². The average Bonchev–Trinajstić information content (AvgIpc) is 3.02. The molecule has 2 aromatic carbocycles. The molecule has 0 heterocycles. The third-order valence-corrected chi connectivity index (χ3v) is 9.75. The van der Waals surface area contributed by atoms with Crippen molar-refractivity contribution in [2.24, 2.45) is 0 Å². The van der Waals surface area contributed by atoms with Gasteiger partial charge < -0.3 is 0 Å². The molecule has 0 aromatic heterocycles. The van der Waals surface area contributed by atoms with E-state index >= 15 is 0 Å². The molecule has 242 valence electrons. The second-order valence-electron chi connectivity index (χ2n) is 12.3. The number of benzene rings is 2. The van der Waals surface area contributed by atoms with Crippen molar-refractivity contribution in [3.8, 4) is 0 Å². The number of Topliss-reactive ketones (excluding diaryl/α,β-unsaturated/α-hetero) is 1. The van der Waals surface area contributed by atoms with Gasteiger partial charge in [-0.05, 0) is 48.9 Å². The van der Waals surface area contributed by atoms with E-state index in [1.807, 2.05) is 24.3 Å². The molecule has 0 fully saturated rings. The Balaban J connectivity index is 1.61. The summed E-state index contributed by atoms with van der Waals surface area (Å²) in [6, 6.07) is 14.4. The first kappa shape index (κ1) is 37.2. The van der Waals surface area contributed by atoms with Gasteiger partial charge in [-0.25, -0.2) is 0 Å². The van der Waals surface area contributed by atoms with Crippen LogP contribution in [0.4, 0.5) is 0 Å². The monoisotopic (exact) mass is 612 g/mol. The molecular formula is C38H60O4S. The topological polar surface area (TPSA) is 60.4 Å². The molecule has 2 rings (SSSR count). The quantitative estimate of drug-likeness (QED) is 0.0572. The fourth-order valence-electron chi connectivity index (χ4n) is 5.60. The van der Waals surface area contributed by atoms with Crippen LogP contribution in [0.25, 0.3) is 0 Å². The Hall–Kier alpha value is -1.98. The van der Waals surface area contributed by atoms with Gasteiger partial charge in [-0.1, -0.05) is 166 Å². The second-order valence-corrected chi connectivity index (χ2v) is 14.0. The summed E-state index contributed by atoms with van der Waals surface area (Å²) in [6.45, 7) is 4.02. The lowest BCUT2D eigenvalue weighted by Crippen LogP contribution is -2.15. The third kappa shape index (κ3) is 17.2. The number of rotatable bonds is 27. The molecule has 0 atom stereocenters. The van der Waals surface area contributed by atoms with Gasteiger partial charge in [0.25, 0.3) is 10.1 Å². The molecule has 5 heteroatoms. The van der Waals surface area contributed by atoms with Crippen LogP contribution >= 0.6 is 0 Å². The van der Waals surface area contributed by atoms with Crippen molar-refractivity contribution in [1.82, 2.24) is 0 Å². The summed E-state index contributed by atoms with van der Waals surface area (Å²) in [5.41, 5.74) is 2.82. The molecule has 0 saturated heterocycles. The van der Waals surface area contributed by atoms with Crippen LogP contribution in [0.2, 0.25) is 0 Å². The molecule has 0 aliphatic carbocycles. The van der Waals surface area contributed by atoms with Gasteiger partial charge in [0.05, 0.1) is 4.90 Å². The van der Waals surface area contributed by atoms with E-state index in [9.17, 15) is 13.2 Å². The molecule has 0 amide bonds. The van der Waals surface area contributed by atoms with Crippen molar-refractivity contribution in [2.45, 2.75) is 160 Å². The van der Waals surface area contributed by atoms with Gasteiger partial charge in [-0.2, -0.15) is 8.42 Å². The highest BCUT2D eigenvalue weighted by atomic mass is 32.2. The standard InChI is InChI=1S/C38H60O4S/c1-3-5-7-9-11-13-15-17-19-21-23-34-25-29-36(30-26-34)38(39)33-42-43(40,41)37-31-27-35(28-32-37)24-22-20-18-16-14-12-10-8-6-4-2/h25-32H,3-24,33H2,1-2H3. The van der Waals surface area contributed by atoms with Crippen LogP contribution in [0, 0.1) is 0 Å². The van der Waals surface area contributed by atoms with Crippen molar-refractivity contribution >= 4 is 15.9 Å². The lowest BCUT2D eigenvalue weighted by Gasteiger charge is -2.08. The third-order valence-electron chi connectivity index (χ3n) is 8.47. The second kappa shape index (κ2) is 23.4. The summed E-state index contributed by atoms with van der Waals surface area (Å²) in [5, 5.41) is 0. The Labute approximate surface area is 264 Å². The van der Waals surface area contributed by atoms with E-state index in [1.54, 1.807) is 24.3 Å². The predicted octanol–water partition coefficient (Wildman–Crippen LogP) is 11.2. The Kier molecular flexibility index (Phi) is 20.3. The van der Waals surface area contributed by atoms with Crippen molar-refractivity contribution in [3.05, 3.63) is 65.2 Å². The van der Waals surface area contributed by atoms with Gasteiger partial charge in [-0.3, -0.25) is 8.98 Å². The Morgan fingerprint density at radius 2 is 0.860 bits per heavy atom. The molecule has 0 unspecified atom stereocenters. The summed E-state index contributed by atoms with van der Waals surface area (Å²) < 4.78 is 30.5. The highest BCUT2D eigenvalue weighted by Crippen LogP contribution is 2.18. The first-order valence-electron chi connectivity index (χ1n) is 17.6. The number of ketones is 1. The lowest BCUT2D eigenvalue weighted by molar-refractivity contribution is 0.0924. The fourth-order valence-corrected chi connectivity index (χ4v) is 6.46. The normalized spacial score (nSPS) is 11.7. The number of hydrogen-bond acceptors (Lipinski definition) is 4. The van der Waals surface area contributed by atoms with Crippen LogP contribution in [0.15, 0.2) is 53.4 Å². The Bertz CT molecular complexity index is 1070. The molecule has 0 saturated carbocycles. The van der Waals surface area contributed by atoms with E-state index in [-0.39, 0.29) is 10.7 Å². The summed E-state index contributed by atoms with van der Waals surface area (Å²) in [6.07, 6.45) is 28.1. The molecular weight excluding hydrogens is 552 g/mol. The number of hydrogen-bond donors (Lipinski definition) is 0. The Morgan fingerprint density at radius 1 is 0.512 bits per heavy atom. The van der Waals surface area contributed by atoms with E-state index < -0.39 is 16.7 Å². The van der Waals surface area contributed by atoms with E-state index in [4.69, 9.17) is 4.18 Å². The van der Waals surface area contributed by atoms with Gasteiger partial charge in [0.2, 0.25) is 0 Å². The minimum atomic E-state index is -3.98. The van der Waals surface area contributed by atoms with Gasteiger partial charge in [-0.15, -0.1) is 0 Å². The van der Waals surface area contributed by atoms with E-state index in [0.29, 0.717) is 5.56 Å². The zero-order chi connectivity index (χ0) is 31.0. The summed E-state index contributed by atoms with van der Waals surface area (Å²) in [7, 11) is -3.98. The molecule has 0 aliphatic rings. The van der Waals surface area contributed by atoms with Crippen LogP contribution in [0.1, 0.15) is 164 Å². The van der Waals surface area contributed by atoms with Crippen LogP contribution < -0.4 is 0 Å². The lowest BCUT2D eigenvalue weighted by atomic mass is 10.0. The van der Waals surface area contributed by atoms with Gasteiger partial charge in [0.15, 0.2) is 5.78 Å². The average molecular weight is 613 g/mol. The molecule has 0 aliphatic heterocycles. The van der Waals surface area contributed by atoms with Crippen molar-refractivity contribution in [1.29, 1.82) is 0 Å². The van der Waals surface area contributed by atoms with E-state index in [2.05, 4.69) is 13.8 Å². The number of carbonyl (C=O) groups excluding carboxylic acids is 1. The minimum Gasteiger partial charge on any atom is -0.291 e. The predicted molar refractivity (Wildman–Crippen MR) is 181 cm³/mol. The maximum Gasteiger partial charge on any atom is 0.297 e. The van der Waals surface area contributed by atoms with Gasteiger partial charge in [0.1, 0.15) is 6.61 Å². The van der Waals surface area contributed by atoms with Crippen molar-refractivity contribution < 1.29 is 17.4 Å². The van der Waals surface area contributed by atoms with Crippen LogP contribution in [-0.2, 0) is 27.1 Å². The minimum absolute atomic E-state index is 0.0963. The summed E-state index contributed by atoms with van der Waals surface area (Å²) in [4.78, 5) is 12.7. The molecule has 0 bridgehead atoms. The SMILES string of the molecule is CCCCCCCCCCCCc1ccc(C(=O)COS(=O)(=O)c2ccc(CCCCCCCCCCCC)cc2)cc1.